The highest BCUT2D eigenvalue weighted by Gasteiger charge is 2.38. The van der Waals surface area contributed by atoms with Crippen molar-refractivity contribution < 1.29 is 25.2 Å². The zero-order valence-corrected chi connectivity index (χ0v) is 13.4. The van der Waals surface area contributed by atoms with Gasteiger partial charge < -0.3 is 25.3 Å². The first kappa shape index (κ1) is 17.1. The molecular formula is C18H23NO5. The van der Waals surface area contributed by atoms with Gasteiger partial charge in [0.2, 0.25) is 5.91 Å². The standard InChI is InChI=1S/C18H23NO5/c20-14-10-12(11-15(21)16(14)22)17(23)19-8-6-18(24,7-9-19)13-4-2-1-3-5-13/h1-5,10,14-16,20-22,24H,6-9,11H2/t14-,15-,16-/m1/s1. The zero-order chi connectivity index (χ0) is 17.3. The molecule has 24 heavy (non-hydrogen) atoms. The molecule has 3 rings (SSSR count). The first-order valence-corrected chi connectivity index (χ1v) is 8.23. The van der Waals surface area contributed by atoms with E-state index in [1.54, 1.807) is 4.90 Å². The van der Waals surface area contributed by atoms with E-state index in [0.717, 1.165) is 5.56 Å². The van der Waals surface area contributed by atoms with Gasteiger partial charge in [0.15, 0.2) is 0 Å². The van der Waals surface area contributed by atoms with Gasteiger partial charge in [-0.25, -0.2) is 0 Å². The van der Waals surface area contributed by atoms with Crippen molar-refractivity contribution in [3.05, 3.63) is 47.5 Å². The molecule has 0 spiro atoms. The molecule has 1 heterocycles. The molecule has 1 fully saturated rings. The summed E-state index contributed by atoms with van der Waals surface area (Å²) in [6.07, 6.45) is -1.43. The number of aliphatic hydroxyl groups excluding tert-OH is 3. The summed E-state index contributed by atoms with van der Waals surface area (Å²) in [5.41, 5.74) is 0.224. The van der Waals surface area contributed by atoms with Crippen molar-refractivity contribution in [1.82, 2.24) is 4.90 Å². The Morgan fingerprint density at radius 2 is 1.71 bits per heavy atom. The average molecular weight is 333 g/mol. The molecule has 0 aromatic heterocycles. The molecule has 2 aliphatic rings. The van der Waals surface area contributed by atoms with Crippen LogP contribution in [0.25, 0.3) is 0 Å². The third-order valence-corrected chi connectivity index (χ3v) is 5.01. The van der Waals surface area contributed by atoms with Gasteiger partial charge >= 0.3 is 0 Å². The molecule has 0 bridgehead atoms. The molecule has 6 heteroatoms. The highest BCUT2D eigenvalue weighted by molar-refractivity contribution is 5.94. The van der Waals surface area contributed by atoms with Crippen LogP contribution in [0.2, 0.25) is 0 Å². The Balaban J connectivity index is 1.67. The Hall–Kier alpha value is -1.73. The fourth-order valence-electron chi connectivity index (χ4n) is 3.42. The van der Waals surface area contributed by atoms with Gasteiger partial charge in [0, 0.05) is 25.1 Å². The Kier molecular flexibility index (Phi) is 4.73. The van der Waals surface area contributed by atoms with Crippen molar-refractivity contribution in [1.29, 1.82) is 0 Å². The van der Waals surface area contributed by atoms with Crippen molar-refractivity contribution in [2.75, 3.05) is 13.1 Å². The van der Waals surface area contributed by atoms with Crippen LogP contribution in [0, 0.1) is 0 Å². The van der Waals surface area contributed by atoms with E-state index in [-0.39, 0.29) is 12.3 Å². The number of aliphatic hydroxyl groups is 4. The molecule has 1 aliphatic heterocycles. The predicted octanol–water partition coefficient (Wildman–Crippen LogP) is -0.0906. The van der Waals surface area contributed by atoms with Crippen LogP contribution in [0.1, 0.15) is 24.8 Å². The topological polar surface area (TPSA) is 101 Å². The van der Waals surface area contributed by atoms with Gasteiger partial charge in [-0.3, -0.25) is 4.79 Å². The summed E-state index contributed by atoms with van der Waals surface area (Å²) >= 11 is 0. The number of nitrogens with zero attached hydrogens (tertiary/aromatic N) is 1. The van der Waals surface area contributed by atoms with Crippen LogP contribution >= 0.6 is 0 Å². The fraction of sp³-hybridized carbons (Fsp3) is 0.500. The summed E-state index contributed by atoms with van der Waals surface area (Å²) in [7, 11) is 0. The van der Waals surface area contributed by atoms with Crippen LogP contribution in [-0.4, -0.2) is 62.6 Å². The maximum atomic E-state index is 12.6. The van der Waals surface area contributed by atoms with Crippen LogP contribution in [0.5, 0.6) is 0 Å². The van der Waals surface area contributed by atoms with Gasteiger partial charge in [0.05, 0.1) is 11.7 Å². The fourth-order valence-corrected chi connectivity index (χ4v) is 3.42. The lowest BCUT2D eigenvalue weighted by Crippen LogP contribution is -2.47. The molecule has 1 aliphatic carbocycles. The number of rotatable bonds is 2. The van der Waals surface area contributed by atoms with E-state index in [4.69, 9.17) is 0 Å². The van der Waals surface area contributed by atoms with Crippen molar-refractivity contribution in [3.63, 3.8) is 0 Å². The van der Waals surface area contributed by atoms with Crippen molar-refractivity contribution >= 4 is 5.91 Å². The second-order valence-corrected chi connectivity index (χ2v) is 6.63. The zero-order valence-electron chi connectivity index (χ0n) is 13.4. The molecule has 1 aromatic carbocycles. The van der Waals surface area contributed by atoms with Crippen LogP contribution in [-0.2, 0) is 10.4 Å². The predicted molar refractivity (Wildman–Crippen MR) is 86.9 cm³/mol. The van der Waals surface area contributed by atoms with E-state index in [2.05, 4.69) is 0 Å². The van der Waals surface area contributed by atoms with Crippen LogP contribution in [0.3, 0.4) is 0 Å². The van der Waals surface area contributed by atoms with Crippen molar-refractivity contribution in [3.8, 4) is 0 Å². The SMILES string of the molecule is O=C(C1=C[C@@H](O)[C@@H](O)[C@H](O)C1)N1CCC(O)(c2ccccc2)CC1. The Morgan fingerprint density at radius 1 is 1.08 bits per heavy atom. The third-order valence-electron chi connectivity index (χ3n) is 5.01. The lowest BCUT2D eigenvalue weighted by atomic mass is 9.84. The van der Waals surface area contributed by atoms with Crippen molar-refractivity contribution in [2.24, 2.45) is 0 Å². The summed E-state index contributed by atoms with van der Waals surface area (Å²) in [6, 6.07) is 9.42. The minimum Gasteiger partial charge on any atom is -0.390 e. The summed E-state index contributed by atoms with van der Waals surface area (Å²) in [6.45, 7) is 0.798. The van der Waals surface area contributed by atoms with Gasteiger partial charge in [0.25, 0.3) is 0 Å². The second-order valence-electron chi connectivity index (χ2n) is 6.63. The normalized spacial score (nSPS) is 29.9. The van der Waals surface area contributed by atoms with E-state index in [0.29, 0.717) is 31.5 Å². The first-order chi connectivity index (χ1) is 11.4. The number of piperidine rings is 1. The molecule has 0 saturated carbocycles. The summed E-state index contributed by atoms with van der Waals surface area (Å²) in [5.74, 6) is -0.255. The molecular weight excluding hydrogens is 310 g/mol. The summed E-state index contributed by atoms with van der Waals surface area (Å²) in [5, 5.41) is 39.8. The molecule has 130 valence electrons. The molecule has 4 N–H and O–H groups in total. The van der Waals surface area contributed by atoms with E-state index >= 15 is 0 Å². The maximum absolute atomic E-state index is 12.6. The maximum Gasteiger partial charge on any atom is 0.249 e. The van der Waals surface area contributed by atoms with Crippen LogP contribution in [0.15, 0.2) is 42.0 Å². The molecule has 1 aromatic rings. The number of likely N-dealkylation sites (tertiary alicyclic amines) is 1. The Bertz CT molecular complexity index is 622. The number of hydrogen-bond donors (Lipinski definition) is 4. The lowest BCUT2D eigenvalue weighted by molar-refractivity contribution is -0.133. The third kappa shape index (κ3) is 3.23. The highest BCUT2D eigenvalue weighted by Crippen LogP contribution is 2.33. The van der Waals surface area contributed by atoms with Gasteiger partial charge in [0.1, 0.15) is 12.2 Å². The molecule has 6 nitrogen and oxygen atoms in total. The van der Waals surface area contributed by atoms with Gasteiger partial charge in [-0.05, 0) is 24.5 Å². The molecule has 1 amide bonds. The van der Waals surface area contributed by atoms with E-state index in [9.17, 15) is 25.2 Å². The Morgan fingerprint density at radius 3 is 2.29 bits per heavy atom. The van der Waals surface area contributed by atoms with Crippen LogP contribution < -0.4 is 0 Å². The minimum atomic E-state index is -1.26. The molecule has 0 radical (unpaired) electrons. The minimum absolute atomic E-state index is 0.0243. The number of hydrogen-bond acceptors (Lipinski definition) is 5. The van der Waals surface area contributed by atoms with E-state index in [1.165, 1.54) is 6.08 Å². The van der Waals surface area contributed by atoms with Gasteiger partial charge in [-0.2, -0.15) is 0 Å². The lowest BCUT2D eigenvalue weighted by Gasteiger charge is -2.39. The summed E-state index contributed by atoms with van der Waals surface area (Å²) < 4.78 is 0. The van der Waals surface area contributed by atoms with Crippen LogP contribution in [0.4, 0.5) is 0 Å². The number of benzene rings is 1. The Labute approximate surface area is 140 Å². The molecule has 3 atom stereocenters. The van der Waals surface area contributed by atoms with Crippen molar-refractivity contribution in [2.45, 2.75) is 43.2 Å². The smallest absolute Gasteiger partial charge is 0.249 e. The number of amides is 1. The number of carbonyl (C=O) groups is 1. The molecule has 1 saturated heterocycles. The highest BCUT2D eigenvalue weighted by atomic mass is 16.4. The first-order valence-electron chi connectivity index (χ1n) is 8.23. The average Bonchev–Trinajstić information content (AvgIpc) is 2.60. The van der Waals surface area contributed by atoms with Gasteiger partial charge in [-0.15, -0.1) is 0 Å². The quantitative estimate of drug-likeness (QED) is 0.606. The van der Waals surface area contributed by atoms with E-state index < -0.39 is 23.9 Å². The second kappa shape index (κ2) is 6.64. The monoisotopic (exact) mass is 333 g/mol. The van der Waals surface area contributed by atoms with E-state index in [1.807, 2.05) is 30.3 Å². The summed E-state index contributed by atoms with van der Waals surface area (Å²) in [4.78, 5) is 14.2. The molecule has 0 unspecified atom stereocenters. The van der Waals surface area contributed by atoms with Gasteiger partial charge in [-0.1, -0.05) is 30.3 Å². The number of carbonyl (C=O) groups excluding carboxylic acids is 1. The largest absolute Gasteiger partial charge is 0.390 e.